The Morgan fingerprint density at radius 1 is 1.36 bits per heavy atom. The molecule has 1 N–H and O–H groups in total. The van der Waals surface area contributed by atoms with Gasteiger partial charge in [0.1, 0.15) is 18.2 Å². The predicted molar refractivity (Wildman–Crippen MR) is 107 cm³/mol. The standard InChI is InChI=1S/C20H24F2N4OS/c1-25(2)19(27)12-24-20(23-7-5-16-4-3-9-28-16)26-8-6-17-14(13-26)10-15(21)11-18(17)22/h3-4,9-11H,5-8,12-13H2,1-2H3,(H,23,24). The lowest BCUT2D eigenvalue weighted by atomic mass is 9.99. The summed E-state index contributed by atoms with van der Waals surface area (Å²) in [6.07, 6.45) is 1.31. The molecule has 1 aromatic heterocycles. The van der Waals surface area contributed by atoms with Crippen molar-refractivity contribution < 1.29 is 13.6 Å². The first-order valence-electron chi connectivity index (χ1n) is 9.16. The highest BCUT2D eigenvalue weighted by Gasteiger charge is 2.23. The van der Waals surface area contributed by atoms with Crippen LogP contribution in [0.15, 0.2) is 34.6 Å². The lowest BCUT2D eigenvalue weighted by Crippen LogP contribution is -2.45. The van der Waals surface area contributed by atoms with E-state index in [0.29, 0.717) is 43.1 Å². The number of hydrogen-bond acceptors (Lipinski definition) is 3. The number of benzene rings is 1. The van der Waals surface area contributed by atoms with Crippen LogP contribution in [0, 0.1) is 11.6 Å². The highest BCUT2D eigenvalue weighted by molar-refractivity contribution is 7.09. The number of fused-ring (bicyclic) bond motifs is 1. The Balaban J connectivity index is 1.73. The minimum atomic E-state index is -0.579. The van der Waals surface area contributed by atoms with Gasteiger partial charge in [0.05, 0.1) is 0 Å². The molecule has 0 atom stereocenters. The van der Waals surface area contributed by atoms with Gasteiger partial charge in [0.25, 0.3) is 0 Å². The normalized spacial score (nSPS) is 14.0. The zero-order valence-corrected chi connectivity index (χ0v) is 16.9. The summed E-state index contributed by atoms with van der Waals surface area (Å²) in [5.74, 6) is -0.597. The number of amides is 1. The van der Waals surface area contributed by atoms with Gasteiger partial charge in [-0.3, -0.25) is 4.79 Å². The minimum Gasteiger partial charge on any atom is -0.356 e. The summed E-state index contributed by atoms with van der Waals surface area (Å²) in [7, 11) is 3.37. The van der Waals surface area contributed by atoms with E-state index in [9.17, 15) is 13.6 Å². The molecular formula is C20H24F2N4OS. The summed E-state index contributed by atoms with van der Waals surface area (Å²) < 4.78 is 27.6. The summed E-state index contributed by atoms with van der Waals surface area (Å²) in [6.45, 7) is 1.59. The van der Waals surface area contributed by atoms with Gasteiger partial charge in [-0.1, -0.05) is 6.07 Å². The molecule has 0 radical (unpaired) electrons. The topological polar surface area (TPSA) is 47.9 Å². The molecule has 0 fully saturated rings. The zero-order valence-electron chi connectivity index (χ0n) is 16.0. The van der Waals surface area contributed by atoms with Crippen LogP contribution in [0.3, 0.4) is 0 Å². The van der Waals surface area contributed by atoms with Gasteiger partial charge in [-0.05, 0) is 41.5 Å². The second-order valence-corrected chi connectivity index (χ2v) is 7.91. The van der Waals surface area contributed by atoms with Crippen molar-refractivity contribution in [2.75, 3.05) is 33.7 Å². The first-order chi connectivity index (χ1) is 13.4. The third kappa shape index (κ3) is 5.07. The van der Waals surface area contributed by atoms with Crippen molar-refractivity contribution in [3.63, 3.8) is 0 Å². The van der Waals surface area contributed by atoms with Gasteiger partial charge in [0, 0.05) is 44.7 Å². The molecule has 1 aliphatic heterocycles. The quantitative estimate of drug-likeness (QED) is 0.614. The van der Waals surface area contributed by atoms with Crippen LogP contribution in [-0.2, 0) is 24.2 Å². The summed E-state index contributed by atoms with van der Waals surface area (Å²) in [5.41, 5.74) is 1.18. The van der Waals surface area contributed by atoms with Crippen molar-refractivity contribution in [1.82, 2.24) is 15.1 Å². The predicted octanol–water partition coefficient (Wildman–Crippen LogP) is 2.66. The number of halogens is 2. The van der Waals surface area contributed by atoms with E-state index in [-0.39, 0.29) is 12.5 Å². The lowest BCUT2D eigenvalue weighted by molar-refractivity contribution is -0.127. The summed E-state index contributed by atoms with van der Waals surface area (Å²) in [6, 6.07) is 6.38. The van der Waals surface area contributed by atoms with E-state index in [1.165, 1.54) is 15.8 Å². The molecule has 0 bridgehead atoms. The molecule has 150 valence electrons. The minimum absolute atomic E-state index is 0.0230. The third-order valence-electron chi connectivity index (χ3n) is 4.64. The molecular weight excluding hydrogens is 382 g/mol. The van der Waals surface area contributed by atoms with E-state index in [1.54, 1.807) is 25.4 Å². The Hall–Kier alpha value is -2.48. The van der Waals surface area contributed by atoms with Crippen molar-refractivity contribution in [1.29, 1.82) is 0 Å². The maximum Gasteiger partial charge on any atom is 0.243 e. The molecule has 8 heteroatoms. The van der Waals surface area contributed by atoms with Crippen molar-refractivity contribution in [3.05, 3.63) is 57.3 Å². The van der Waals surface area contributed by atoms with Crippen LogP contribution in [0.5, 0.6) is 0 Å². The Morgan fingerprint density at radius 2 is 2.18 bits per heavy atom. The molecule has 3 rings (SSSR count). The van der Waals surface area contributed by atoms with Crippen LogP contribution in [0.1, 0.15) is 16.0 Å². The number of aliphatic imine (C=N–C) groups is 1. The Kier molecular flexibility index (Phi) is 6.61. The Bertz CT molecular complexity index is 852. The van der Waals surface area contributed by atoms with Crippen LogP contribution in [-0.4, -0.2) is 55.4 Å². The average molecular weight is 407 g/mol. The van der Waals surface area contributed by atoms with Crippen LogP contribution >= 0.6 is 11.3 Å². The summed E-state index contributed by atoms with van der Waals surface area (Å²) >= 11 is 1.69. The van der Waals surface area contributed by atoms with E-state index in [0.717, 1.165) is 12.5 Å². The van der Waals surface area contributed by atoms with E-state index in [2.05, 4.69) is 16.4 Å². The van der Waals surface area contributed by atoms with E-state index >= 15 is 0 Å². The summed E-state index contributed by atoms with van der Waals surface area (Å²) in [5, 5.41) is 5.34. The van der Waals surface area contributed by atoms with Crippen LogP contribution in [0.4, 0.5) is 8.78 Å². The van der Waals surface area contributed by atoms with Crippen LogP contribution in [0.2, 0.25) is 0 Å². The van der Waals surface area contributed by atoms with Crippen LogP contribution < -0.4 is 5.32 Å². The first kappa shape index (κ1) is 20.3. The monoisotopic (exact) mass is 406 g/mol. The molecule has 1 aromatic carbocycles. The van der Waals surface area contributed by atoms with Gasteiger partial charge in [-0.2, -0.15) is 0 Å². The third-order valence-corrected chi connectivity index (χ3v) is 5.58. The maximum absolute atomic E-state index is 14.0. The van der Waals surface area contributed by atoms with Crippen molar-refractivity contribution >= 4 is 23.2 Å². The zero-order chi connectivity index (χ0) is 20.1. The average Bonchev–Trinajstić information content (AvgIpc) is 3.16. The van der Waals surface area contributed by atoms with Gasteiger partial charge in [-0.25, -0.2) is 13.8 Å². The molecule has 2 heterocycles. The Labute approximate surface area is 167 Å². The molecule has 5 nitrogen and oxygen atoms in total. The van der Waals surface area contributed by atoms with Gasteiger partial charge in [0.15, 0.2) is 5.96 Å². The van der Waals surface area contributed by atoms with Gasteiger partial charge in [-0.15, -0.1) is 11.3 Å². The largest absolute Gasteiger partial charge is 0.356 e. The molecule has 0 spiro atoms. The number of carbonyl (C=O) groups is 1. The maximum atomic E-state index is 14.0. The Morgan fingerprint density at radius 3 is 2.89 bits per heavy atom. The van der Waals surface area contributed by atoms with Crippen molar-refractivity contribution in [2.24, 2.45) is 4.99 Å². The second kappa shape index (κ2) is 9.14. The first-order valence-corrected chi connectivity index (χ1v) is 10.0. The smallest absolute Gasteiger partial charge is 0.243 e. The number of nitrogens with zero attached hydrogens (tertiary/aromatic N) is 3. The summed E-state index contributed by atoms with van der Waals surface area (Å²) in [4.78, 5) is 21.1. The van der Waals surface area contributed by atoms with E-state index < -0.39 is 11.6 Å². The number of nitrogens with one attached hydrogen (secondary N) is 1. The SMILES string of the molecule is CN(C)C(=O)CN=C(NCCc1cccs1)N1CCc2c(F)cc(F)cc2C1. The van der Waals surface area contributed by atoms with Gasteiger partial charge in [0.2, 0.25) is 5.91 Å². The molecule has 0 saturated heterocycles. The fourth-order valence-corrected chi connectivity index (χ4v) is 3.80. The lowest BCUT2D eigenvalue weighted by Gasteiger charge is -2.32. The number of likely N-dealkylation sites (N-methyl/N-ethyl adjacent to an activating group) is 1. The number of hydrogen-bond donors (Lipinski definition) is 1. The second-order valence-electron chi connectivity index (χ2n) is 6.88. The number of carbonyl (C=O) groups excluding carboxylic acids is 1. The molecule has 0 saturated carbocycles. The molecule has 28 heavy (non-hydrogen) atoms. The van der Waals surface area contributed by atoms with E-state index in [4.69, 9.17) is 0 Å². The molecule has 0 aliphatic carbocycles. The fraction of sp³-hybridized carbons (Fsp3) is 0.400. The number of thiophene rings is 1. The van der Waals surface area contributed by atoms with Gasteiger partial charge >= 0.3 is 0 Å². The van der Waals surface area contributed by atoms with Crippen molar-refractivity contribution in [3.8, 4) is 0 Å². The molecule has 0 unspecified atom stereocenters. The number of guanidine groups is 1. The van der Waals surface area contributed by atoms with Crippen molar-refractivity contribution in [2.45, 2.75) is 19.4 Å². The molecule has 1 amide bonds. The highest BCUT2D eigenvalue weighted by atomic mass is 32.1. The fourth-order valence-electron chi connectivity index (χ4n) is 3.09. The number of rotatable bonds is 5. The van der Waals surface area contributed by atoms with Gasteiger partial charge < -0.3 is 15.1 Å². The highest BCUT2D eigenvalue weighted by Crippen LogP contribution is 2.23. The van der Waals surface area contributed by atoms with Crippen LogP contribution in [0.25, 0.3) is 0 Å². The van der Waals surface area contributed by atoms with E-state index in [1.807, 2.05) is 16.3 Å². The molecule has 2 aromatic rings. The molecule has 1 aliphatic rings.